The van der Waals surface area contributed by atoms with Crippen LogP contribution in [0.4, 0.5) is 5.82 Å². The molecule has 4 rings (SSSR count). The molecule has 0 atom stereocenters. The maximum Gasteiger partial charge on any atom is 0.227 e. The first-order valence-electron chi connectivity index (χ1n) is 9.30. The van der Waals surface area contributed by atoms with Gasteiger partial charge in [-0.25, -0.2) is 0 Å². The Hall–Kier alpha value is -2.44. The predicted molar refractivity (Wildman–Crippen MR) is 97.1 cm³/mol. The number of likely N-dealkylation sites (N-methyl/N-ethyl adjacent to an activating group) is 1. The van der Waals surface area contributed by atoms with Crippen molar-refractivity contribution >= 4 is 11.7 Å². The number of aromatic nitrogens is 3. The Bertz CT molecular complexity index is 806. The van der Waals surface area contributed by atoms with Gasteiger partial charge in [0, 0.05) is 25.7 Å². The predicted octanol–water partition coefficient (Wildman–Crippen LogP) is 1.85. The van der Waals surface area contributed by atoms with E-state index in [9.17, 15) is 4.79 Å². The Kier molecular flexibility index (Phi) is 4.38. The lowest BCUT2D eigenvalue weighted by molar-refractivity contribution is -0.131. The van der Waals surface area contributed by atoms with Crippen LogP contribution in [0.15, 0.2) is 10.6 Å². The van der Waals surface area contributed by atoms with Gasteiger partial charge >= 0.3 is 0 Å². The standard InChI is InChI=1S/C19H25N5O2/c1-12-16(13(2)26-22-12)9-19(25)23(3)15-10-24(11-15)18-8-14-6-4-5-7-17(14)20-21-18/h8,15H,4-7,9-11H2,1-3H3. The third-order valence-corrected chi connectivity index (χ3v) is 5.69. The first-order valence-corrected chi connectivity index (χ1v) is 9.30. The molecule has 26 heavy (non-hydrogen) atoms. The molecule has 7 nitrogen and oxygen atoms in total. The summed E-state index contributed by atoms with van der Waals surface area (Å²) in [7, 11) is 1.88. The minimum atomic E-state index is 0.0978. The Morgan fingerprint density at radius 2 is 2.04 bits per heavy atom. The SMILES string of the molecule is Cc1noc(C)c1CC(=O)N(C)C1CN(c2cc3c(nn2)CCCC3)C1. The topological polar surface area (TPSA) is 75.4 Å². The van der Waals surface area contributed by atoms with Gasteiger partial charge in [-0.1, -0.05) is 5.16 Å². The first kappa shape index (κ1) is 17.0. The second kappa shape index (κ2) is 6.70. The van der Waals surface area contributed by atoms with Gasteiger partial charge < -0.3 is 14.3 Å². The van der Waals surface area contributed by atoms with Crippen molar-refractivity contribution in [3.8, 4) is 0 Å². The molecule has 2 aromatic heterocycles. The number of nitrogens with zero attached hydrogens (tertiary/aromatic N) is 5. The molecule has 0 N–H and O–H groups in total. The molecule has 7 heteroatoms. The van der Waals surface area contributed by atoms with Crippen LogP contribution in [0.5, 0.6) is 0 Å². The van der Waals surface area contributed by atoms with E-state index in [1.165, 1.54) is 18.4 Å². The fourth-order valence-electron chi connectivity index (χ4n) is 3.75. The molecule has 0 saturated carbocycles. The third-order valence-electron chi connectivity index (χ3n) is 5.69. The molecular formula is C19H25N5O2. The van der Waals surface area contributed by atoms with Crippen LogP contribution in [0.25, 0.3) is 0 Å². The zero-order valence-corrected chi connectivity index (χ0v) is 15.7. The van der Waals surface area contributed by atoms with Crippen LogP contribution >= 0.6 is 0 Å². The minimum Gasteiger partial charge on any atom is -0.361 e. The number of fused-ring (bicyclic) bond motifs is 1. The van der Waals surface area contributed by atoms with Crippen molar-refractivity contribution in [2.24, 2.45) is 0 Å². The van der Waals surface area contributed by atoms with E-state index < -0.39 is 0 Å². The molecule has 3 heterocycles. The summed E-state index contributed by atoms with van der Waals surface area (Å²) in [6, 6.07) is 2.39. The van der Waals surface area contributed by atoms with Gasteiger partial charge in [-0.05, 0) is 51.2 Å². The maximum absolute atomic E-state index is 12.6. The second-order valence-corrected chi connectivity index (χ2v) is 7.42. The molecule has 0 unspecified atom stereocenters. The van der Waals surface area contributed by atoms with E-state index in [1.54, 1.807) is 0 Å². The highest BCUT2D eigenvalue weighted by Gasteiger charge is 2.34. The molecule has 1 saturated heterocycles. The van der Waals surface area contributed by atoms with Gasteiger partial charge in [0.2, 0.25) is 5.91 Å². The quantitative estimate of drug-likeness (QED) is 0.833. The number of anilines is 1. The van der Waals surface area contributed by atoms with E-state index in [4.69, 9.17) is 4.52 Å². The number of hydrogen-bond donors (Lipinski definition) is 0. The number of carbonyl (C=O) groups is 1. The van der Waals surface area contributed by atoms with E-state index in [0.717, 1.165) is 54.5 Å². The summed E-state index contributed by atoms with van der Waals surface area (Å²) in [4.78, 5) is 16.6. The summed E-state index contributed by atoms with van der Waals surface area (Å²) >= 11 is 0. The number of amides is 1. The Morgan fingerprint density at radius 3 is 2.77 bits per heavy atom. The summed E-state index contributed by atoms with van der Waals surface area (Å²) in [6.45, 7) is 5.33. The monoisotopic (exact) mass is 355 g/mol. The van der Waals surface area contributed by atoms with Crippen molar-refractivity contribution in [2.75, 3.05) is 25.0 Å². The van der Waals surface area contributed by atoms with Gasteiger partial charge in [0.25, 0.3) is 0 Å². The van der Waals surface area contributed by atoms with Crippen LogP contribution in [0.2, 0.25) is 0 Å². The normalized spacial score (nSPS) is 17.0. The van der Waals surface area contributed by atoms with Crippen LogP contribution in [-0.4, -0.2) is 52.3 Å². The van der Waals surface area contributed by atoms with Gasteiger partial charge in [-0.3, -0.25) is 4.79 Å². The highest BCUT2D eigenvalue weighted by molar-refractivity contribution is 5.79. The zero-order chi connectivity index (χ0) is 18.3. The average Bonchev–Trinajstić information content (AvgIpc) is 2.92. The molecular weight excluding hydrogens is 330 g/mol. The highest BCUT2D eigenvalue weighted by atomic mass is 16.5. The summed E-state index contributed by atoms with van der Waals surface area (Å²) in [5, 5.41) is 12.7. The van der Waals surface area contributed by atoms with Crippen molar-refractivity contribution in [2.45, 2.75) is 52.0 Å². The van der Waals surface area contributed by atoms with Gasteiger partial charge in [-0.15, -0.1) is 5.10 Å². The van der Waals surface area contributed by atoms with E-state index >= 15 is 0 Å². The number of hydrogen-bond acceptors (Lipinski definition) is 6. The number of rotatable bonds is 4. The van der Waals surface area contributed by atoms with Crippen LogP contribution < -0.4 is 4.90 Å². The molecule has 0 spiro atoms. The second-order valence-electron chi connectivity index (χ2n) is 7.42. The summed E-state index contributed by atoms with van der Waals surface area (Å²) in [5.74, 6) is 1.76. The highest BCUT2D eigenvalue weighted by Crippen LogP contribution is 2.26. The molecule has 0 radical (unpaired) electrons. The fraction of sp³-hybridized carbons (Fsp3) is 0.579. The molecule has 0 bridgehead atoms. The summed E-state index contributed by atoms with van der Waals surface area (Å²) in [6.07, 6.45) is 4.94. The maximum atomic E-state index is 12.6. The number of carbonyl (C=O) groups excluding carboxylic acids is 1. The van der Waals surface area contributed by atoms with Crippen molar-refractivity contribution in [1.29, 1.82) is 0 Å². The lowest BCUT2D eigenvalue weighted by Crippen LogP contribution is -2.60. The minimum absolute atomic E-state index is 0.0978. The van der Waals surface area contributed by atoms with E-state index in [-0.39, 0.29) is 11.9 Å². The van der Waals surface area contributed by atoms with Crippen LogP contribution in [0, 0.1) is 13.8 Å². The fourth-order valence-corrected chi connectivity index (χ4v) is 3.75. The van der Waals surface area contributed by atoms with Crippen LogP contribution in [0.1, 0.15) is 41.1 Å². The molecule has 2 aliphatic rings. The molecule has 1 fully saturated rings. The van der Waals surface area contributed by atoms with Gasteiger partial charge in [0.05, 0.1) is 23.9 Å². The zero-order valence-electron chi connectivity index (χ0n) is 15.7. The molecule has 1 amide bonds. The van der Waals surface area contributed by atoms with Crippen molar-refractivity contribution in [1.82, 2.24) is 20.3 Å². The average molecular weight is 355 g/mol. The van der Waals surface area contributed by atoms with Crippen molar-refractivity contribution < 1.29 is 9.32 Å². The Morgan fingerprint density at radius 1 is 1.27 bits per heavy atom. The largest absolute Gasteiger partial charge is 0.361 e. The lowest BCUT2D eigenvalue weighted by atomic mass is 9.96. The Balaban J connectivity index is 1.36. The molecule has 2 aromatic rings. The summed E-state index contributed by atoms with van der Waals surface area (Å²) < 4.78 is 5.15. The third kappa shape index (κ3) is 3.06. The van der Waals surface area contributed by atoms with E-state index in [2.05, 4.69) is 26.3 Å². The van der Waals surface area contributed by atoms with Crippen molar-refractivity contribution in [3.05, 3.63) is 34.3 Å². The van der Waals surface area contributed by atoms with Gasteiger partial charge in [-0.2, -0.15) is 5.10 Å². The lowest BCUT2D eigenvalue weighted by Gasteiger charge is -2.44. The smallest absolute Gasteiger partial charge is 0.227 e. The summed E-state index contributed by atoms with van der Waals surface area (Å²) in [5.41, 5.74) is 4.19. The van der Waals surface area contributed by atoms with E-state index in [0.29, 0.717) is 6.42 Å². The molecule has 0 aromatic carbocycles. The molecule has 1 aliphatic carbocycles. The number of aryl methyl sites for hydroxylation is 4. The Labute approximate surface area is 153 Å². The van der Waals surface area contributed by atoms with Crippen LogP contribution in [-0.2, 0) is 24.1 Å². The van der Waals surface area contributed by atoms with E-state index in [1.807, 2.05) is 25.8 Å². The van der Waals surface area contributed by atoms with Gasteiger partial charge in [0.15, 0.2) is 5.82 Å². The molecule has 138 valence electrons. The first-order chi connectivity index (χ1) is 12.5. The van der Waals surface area contributed by atoms with Crippen molar-refractivity contribution in [3.63, 3.8) is 0 Å². The van der Waals surface area contributed by atoms with Gasteiger partial charge in [0.1, 0.15) is 5.76 Å². The molecule has 1 aliphatic heterocycles. The van der Waals surface area contributed by atoms with Crippen LogP contribution in [0.3, 0.4) is 0 Å².